The van der Waals surface area contributed by atoms with Gasteiger partial charge in [-0.1, -0.05) is 20.8 Å². The Hall–Kier alpha value is -0.960. The minimum Gasteiger partial charge on any atom is -0.309 e. The molecule has 1 aromatic rings. The van der Waals surface area contributed by atoms with Crippen molar-refractivity contribution in [3.05, 3.63) is 24.3 Å². The Labute approximate surface area is 117 Å². The van der Waals surface area contributed by atoms with Crippen LogP contribution < -0.4 is 5.32 Å². The molecule has 1 aliphatic carbocycles. The van der Waals surface area contributed by atoms with Crippen molar-refractivity contribution in [3.63, 3.8) is 0 Å². The second-order valence-corrected chi connectivity index (χ2v) is 6.08. The zero-order valence-corrected chi connectivity index (χ0v) is 12.5. The van der Waals surface area contributed by atoms with Gasteiger partial charge in [0.25, 0.3) is 0 Å². The average Bonchev–Trinajstić information content (AvgIpc) is 2.46. The smallest absolute Gasteiger partial charge is 0.0758 e. The van der Waals surface area contributed by atoms with Crippen LogP contribution in [0.2, 0.25) is 0 Å². The highest BCUT2D eigenvalue weighted by Crippen LogP contribution is 2.38. The molecule has 0 spiro atoms. The van der Waals surface area contributed by atoms with E-state index in [2.05, 4.69) is 36.1 Å². The van der Waals surface area contributed by atoms with Gasteiger partial charge in [-0.25, -0.2) is 0 Å². The first kappa shape index (κ1) is 14.4. The standard InChI is InChI=1S/C16H27N3/c1-4-18-16(15-11-17-9-10-19-15)14-7-5-13(6-8-14)12(2)3/h9-14,16,18H,4-8H2,1-3H3. The van der Waals surface area contributed by atoms with E-state index in [9.17, 15) is 0 Å². The van der Waals surface area contributed by atoms with Crippen molar-refractivity contribution in [2.24, 2.45) is 17.8 Å². The van der Waals surface area contributed by atoms with Crippen molar-refractivity contribution in [3.8, 4) is 0 Å². The van der Waals surface area contributed by atoms with E-state index in [0.29, 0.717) is 12.0 Å². The first-order valence-corrected chi connectivity index (χ1v) is 7.71. The molecule has 1 saturated carbocycles. The molecule has 1 atom stereocenters. The molecule has 1 N–H and O–H groups in total. The summed E-state index contributed by atoms with van der Waals surface area (Å²) < 4.78 is 0. The fraction of sp³-hybridized carbons (Fsp3) is 0.750. The predicted molar refractivity (Wildman–Crippen MR) is 78.7 cm³/mol. The molecule has 1 unspecified atom stereocenters. The largest absolute Gasteiger partial charge is 0.309 e. The molecule has 1 aliphatic rings. The number of aromatic nitrogens is 2. The Morgan fingerprint density at radius 3 is 2.37 bits per heavy atom. The van der Waals surface area contributed by atoms with Crippen molar-refractivity contribution in [2.75, 3.05) is 6.54 Å². The fourth-order valence-electron chi connectivity index (χ4n) is 3.35. The normalized spacial score (nSPS) is 25.5. The summed E-state index contributed by atoms with van der Waals surface area (Å²) in [4.78, 5) is 8.73. The molecular weight excluding hydrogens is 234 g/mol. The molecule has 0 bridgehead atoms. The zero-order valence-electron chi connectivity index (χ0n) is 12.5. The first-order chi connectivity index (χ1) is 9.22. The molecule has 19 heavy (non-hydrogen) atoms. The molecule has 1 fully saturated rings. The lowest BCUT2D eigenvalue weighted by atomic mass is 9.74. The van der Waals surface area contributed by atoms with E-state index >= 15 is 0 Å². The van der Waals surface area contributed by atoms with Gasteiger partial charge in [-0.3, -0.25) is 9.97 Å². The summed E-state index contributed by atoms with van der Waals surface area (Å²) in [5.74, 6) is 2.46. The van der Waals surface area contributed by atoms with Crippen LogP contribution in [0.3, 0.4) is 0 Å². The van der Waals surface area contributed by atoms with Crippen molar-refractivity contribution in [1.29, 1.82) is 0 Å². The first-order valence-electron chi connectivity index (χ1n) is 7.71. The summed E-state index contributed by atoms with van der Waals surface area (Å²) in [6.07, 6.45) is 10.8. The monoisotopic (exact) mass is 261 g/mol. The predicted octanol–water partition coefficient (Wildman–Crippen LogP) is 3.59. The molecule has 0 aromatic carbocycles. The van der Waals surface area contributed by atoms with Gasteiger partial charge in [0.1, 0.15) is 0 Å². The maximum atomic E-state index is 4.50. The molecule has 106 valence electrons. The van der Waals surface area contributed by atoms with Crippen molar-refractivity contribution < 1.29 is 0 Å². The van der Waals surface area contributed by atoms with Gasteiger partial charge in [-0.05, 0) is 50.0 Å². The molecule has 0 saturated heterocycles. The summed E-state index contributed by atoms with van der Waals surface area (Å²) in [7, 11) is 0. The lowest BCUT2D eigenvalue weighted by Crippen LogP contribution is -2.32. The number of nitrogens with one attached hydrogen (secondary N) is 1. The van der Waals surface area contributed by atoms with Crippen LogP contribution in [0.25, 0.3) is 0 Å². The van der Waals surface area contributed by atoms with E-state index in [1.165, 1.54) is 25.7 Å². The maximum absolute atomic E-state index is 4.50. The summed E-state index contributed by atoms with van der Waals surface area (Å²) >= 11 is 0. The molecule has 2 rings (SSSR count). The van der Waals surface area contributed by atoms with E-state index < -0.39 is 0 Å². The highest BCUT2D eigenvalue weighted by molar-refractivity contribution is 5.05. The number of hydrogen-bond acceptors (Lipinski definition) is 3. The van der Waals surface area contributed by atoms with Crippen LogP contribution >= 0.6 is 0 Å². The number of nitrogens with zero attached hydrogens (tertiary/aromatic N) is 2. The van der Waals surface area contributed by atoms with Crippen molar-refractivity contribution in [2.45, 2.75) is 52.5 Å². The molecule has 0 radical (unpaired) electrons. The van der Waals surface area contributed by atoms with Gasteiger partial charge in [0.2, 0.25) is 0 Å². The van der Waals surface area contributed by atoms with Crippen LogP contribution in [0, 0.1) is 17.8 Å². The van der Waals surface area contributed by atoms with E-state index in [4.69, 9.17) is 0 Å². The lowest BCUT2D eigenvalue weighted by Gasteiger charge is -2.35. The molecular formula is C16H27N3. The molecule has 1 aromatic heterocycles. The third-order valence-corrected chi connectivity index (χ3v) is 4.56. The Kier molecular flexibility index (Phi) is 5.32. The van der Waals surface area contributed by atoms with Gasteiger partial charge in [-0.15, -0.1) is 0 Å². The quantitative estimate of drug-likeness (QED) is 0.880. The third kappa shape index (κ3) is 3.75. The van der Waals surface area contributed by atoms with Gasteiger partial charge in [0, 0.05) is 18.6 Å². The SMILES string of the molecule is CCNC(c1cnccn1)C1CCC(C(C)C)CC1. The van der Waals surface area contributed by atoms with E-state index in [1.54, 1.807) is 12.4 Å². The Morgan fingerprint density at radius 1 is 1.16 bits per heavy atom. The molecule has 1 heterocycles. The van der Waals surface area contributed by atoms with Gasteiger partial charge in [-0.2, -0.15) is 0 Å². The van der Waals surface area contributed by atoms with Crippen molar-refractivity contribution >= 4 is 0 Å². The minimum atomic E-state index is 0.381. The zero-order chi connectivity index (χ0) is 13.7. The topological polar surface area (TPSA) is 37.8 Å². The number of rotatable bonds is 5. The Morgan fingerprint density at radius 2 is 1.84 bits per heavy atom. The maximum Gasteiger partial charge on any atom is 0.0758 e. The molecule has 3 heteroatoms. The summed E-state index contributed by atoms with van der Waals surface area (Å²) in [5, 5.41) is 3.61. The van der Waals surface area contributed by atoms with Gasteiger partial charge >= 0.3 is 0 Å². The van der Waals surface area contributed by atoms with E-state index in [1.807, 2.05) is 6.20 Å². The minimum absolute atomic E-state index is 0.381. The second-order valence-electron chi connectivity index (χ2n) is 6.08. The summed E-state index contributed by atoms with van der Waals surface area (Å²) in [6.45, 7) is 7.87. The highest BCUT2D eigenvalue weighted by atomic mass is 15.0. The van der Waals surface area contributed by atoms with Crippen molar-refractivity contribution in [1.82, 2.24) is 15.3 Å². The van der Waals surface area contributed by atoms with Crippen LogP contribution in [0.1, 0.15) is 58.2 Å². The van der Waals surface area contributed by atoms with Gasteiger partial charge in [0.05, 0.1) is 11.7 Å². The van der Waals surface area contributed by atoms with Crippen LogP contribution in [-0.4, -0.2) is 16.5 Å². The van der Waals surface area contributed by atoms with Crippen LogP contribution in [0.4, 0.5) is 0 Å². The summed E-state index contributed by atoms with van der Waals surface area (Å²) in [5.41, 5.74) is 1.11. The summed E-state index contributed by atoms with van der Waals surface area (Å²) in [6, 6.07) is 0.381. The Balaban J connectivity index is 2.01. The molecule has 0 amide bonds. The average molecular weight is 261 g/mol. The van der Waals surface area contributed by atoms with Gasteiger partial charge in [0.15, 0.2) is 0 Å². The Bertz CT molecular complexity index is 356. The second kappa shape index (κ2) is 6.99. The van der Waals surface area contributed by atoms with Crippen LogP contribution in [0.15, 0.2) is 18.6 Å². The lowest BCUT2D eigenvalue weighted by molar-refractivity contribution is 0.188. The van der Waals surface area contributed by atoms with E-state index in [-0.39, 0.29) is 0 Å². The number of hydrogen-bond donors (Lipinski definition) is 1. The van der Waals surface area contributed by atoms with E-state index in [0.717, 1.165) is 24.1 Å². The highest BCUT2D eigenvalue weighted by Gasteiger charge is 2.29. The van der Waals surface area contributed by atoms with Gasteiger partial charge < -0.3 is 5.32 Å². The molecule has 3 nitrogen and oxygen atoms in total. The molecule has 0 aliphatic heterocycles. The fourth-order valence-corrected chi connectivity index (χ4v) is 3.35. The van der Waals surface area contributed by atoms with Crippen LogP contribution in [-0.2, 0) is 0 Å². The van der Waals surface area contributed by atoms with Crippen LogP contribution in [0.5, 0.6) is 0 Å². The third-order valence-electron chi connectivity index (χ3n) is 4.56.